The Balaban J connectivity index is 1.29. The Kier molecular flexibility index (Phi) is 6.22. The maximum absolute atomic E-state index is 12.3. The van der Waals surface area contributed by atoms with E-state index in [2.05, 4.69) is 38.6 Å². The van der Waals surface area contributed by atoms with Gasteiger partial charge in [-0.25, -0.2) is 0 Å². The minimum atomic E-state index is -0.287. The monoisotopic (exact) mass is 413 g/mol. The molecule has 0 bridgehead atoms. The van der Waals surface area contributed by atoms with E-state index in [1.54, 1.807) is 0 Å². The fourth-order valence-corrected chi connectivity index (χ4v) is 4.59. The van der Waals surface area contributed by atoms with Crippen LogP contribution in [0.4, 0.5) is 11.4 Å². The van der Waals surface area contributed by atoms with Gasteiger partial charge in [-0.05, 0) is 43.4 Å². The molecule has 0 aliphatic carbocycles. The van der Waals surface area contributed by atoms with E-state index >= 15 is 0 Å². The molecule has 3 heterocycles. The Morgan fingerprint density at radius 3 is 2.77 bits per heavy atom. The molecule has 1 unspecified atom stereocenters. The zero-order valence-electron chi connectivity index (χ0n) is 17.7. The quantitative estimate of drug-likeness (QED) is 0.509. The van der Waals surface area contributed by atoms with Crippen molar-refractivity contribution in [3.05, 3.63) is 23.8 Å². The van der Waals surface area contributed by atoms with Gasteiger partial charge < -0.3 is 20.0 Å². The van der Waals surface area contributed by atoms with Crippen molar-refractivity contribution in [2.75, 3.05) is 49.7 Å². The maximum Gasteiger partial charge on any atom is 0.249 e. The Morgan fingerprint density at radius 1 is 1.10 bits per heavy atom. The van der Waals surface area contributed by atoms with Gasteiger partial charge in [0.1, 0.15) is 6.04 Å². The predicted molar refractivity (Wildman–Crippen MR) is 115 cm³/mol. The first-order valence-corrected chi connectivity index (χ1v) is 11.0. The fraction of sp³-hybridized carbons (Fsp3) is 0.591. The number of rotatable bonds is 7. The third-order valence-electron chi connectivity index (χ3n) is 6.29. The van der Waals surface area contributed by atoms with Crippen molar-refractivity contribution in [3.63, 3.8) is 0 Å². The molecule has 0 aromatic heterocycles. The lowest BCUT2D eigenvalue weighted by Crippen LogP contribution is -2.53. The van der Waals surface area contributed by atoms with Crippen LogP contribution in [0.1, 0.15) is 37.7 Å². The molecule has 2 N–H and O–H groups in total. The number of carbonyl (C=O) groups is 3. The number of nitrogens with one attached hydrogen (secondary N) is 2. The van der Waals surface area contributed by atoms with Crippen molar-refractivity contribution >= 4 is 29.1 Å². The molecule has 162 valence electrons. The molecule has 1 atom stereocenters. The summed E-state index contributed by atoms with van der Waals surface area (Å²) in [4.78, 5) is 41.8. The molecule has 8 heteroatoms. The number of unbranched alkanes of at least 4 members (excludes halogenated alkanes) is 2. The summed E-state index contributed by atoms with van der Waals surface area (Å²) in [6, 6.07) is 6.19. The van der Waals surface area contributed by atoms with Crippen LogP contribution in [0.15, 0.2) is 18.2 Å². The minimum absolute atomic E-state index is 0.180. The number of aryl methyl sites for hydroxylation is 1. The molecule has 0 radical (unpaired) electrons. The molecule has 0 saturated carbocycles. The second-order valence-corrected chi connectivity index (χ2v) is 8.47. The summed E-state index contributed by atoms with van der Waals surface area (Å²) in [5, 5.41) is 5.57. The van der Waals surface area contributed by atoms with Crippen LogP contribution in [0.3, 0.4) is 0 Å². The van der Waals surface area contributed by atoms with Crippen LogP contribution in [0.2, 0.25) is 0 Å². The molecule has 3 aliphatic heterocycles. The molecule has 8 nitrogen and oxygen atoms in total. The van der Waals surface area contributed by atoms with E-state index in [1.165, 1.54) is 5.56 Å². The lowest BCUT2D eigenvalue weighted by molar-refractivity contribution is -0.134. The van der Waals surface area contributed by atoms with Gasteiger partial charge in [0.2, 0.25) is 17.7 Å². The van der Waals surface area contributed by atoms with Gasteiger partial charge in [0.15, 0.2) is 0 Å². The number of hydrogen-bond donors (Lipinski definition) is 2. The molecule has 1 aromatic rings. The van der Waals surface area contributed by atoms with E-state index in [4.69, 9.17) is 0 Å². The first kappa shape index (κ1) is 20.7. The number of piperazine rings is 1. The van der Waals surface area contributed by atoms with Crippen LogP contribution in [0, 0.1) is 0 Å². The molecule has 3 aliphatic rings. The number of piperidine rings is 1. The zero-order valence-corrected chi connectivity index (χ0v) is 17.7. The highest BCUT2D eigenvalue weighted by molar-refractivity contribution is 6.02. The number of amides is 3. The summed E-state index contributed by atoms with van der Waals surface area (Å²) in [6.07, 6.45) is 5.21. The second-order valence-electron chi connectivity index (χ2n) is 8.47. The van der Waals surface area contributed by atoms with Gasteiger partial charge in [-0.1, -0.05) is 12.5 Å². The third kappa shape index (κ3) is 4.43. The molecule has 4 rings (SSSR count). The van der Waals surface area contributed by atoms with Crippen LogP contribution < -0.4 is 20.4 Å². The topological polar surface area (TPSA) is 85.0 Å². The molecule has 2 saturated heterocycles. The number of carbonyl (C=O) groups excluding carboxylic acids is 3. The number of fused-ring (bicyclic) bond motifs is 1. The number of anilines is 2. The molecule has 2 fully saturated rings. The van der Waals surface area contributed by atoms with Gasteiger partial charge in [-0.15, -0.1) is 0 Å². The van der Waals surface area contributed by atoms with Crippen LogP contribution >= 0.6 is 0 Å². The average Bonchev–Trinajstić information content (AvgIpc) is 3.05. The Hall–Kier alpha value is -2.61. The van der Waals surface area contributed by atoms with Crippen molar-refractivity contribution in [1.82, 2.24) is 15.5 Å². The molecular weight excluding hydrogens is 382 g/mol. The van der Waals surface area contributed by atoms with E-state index in [0.29, 0.717) is 26.1 Å². The van der Waals surface area contributed by atoms with Crippen LogP contribution in [0.5, 0.6) is 0 Å². The van der Waals surface area contributed by atoms with Gasteiger partial charge in [0, 0.05) is 33.1 Å². The van der Waals surface area contributed by atoms with Crippen LogP contribution in [-0.4, -0.2) is 68.6 Å². The van der Waals surface area contributed by atoms with Crippen molar-refractivity contribution in [3.8, 4) is 0 Å². The average molecular weight is 414 g/mol. The van der Waals surface area contributed by atoms with E-state index in [-0.39, 0.29) is 23.8 Å². The van der Waals surface area contributed by atoms with E-state index in [1.807, 2.05) is 11.9 Å². The lowest BCUT2D eigenvalue weighted by atomic mass is 10.0. The normalized spacial score (nSPS) is 21.8. The highest BCUT2D eigenvalue weighted by Gasteiger charge is 2.36. The first-order valence-electron chi connectivity index (χ1n) is 11.0. The summed E-state index contributed by atoms with van der Waals surface area (Å²) in [5.41, 5.74) is 3.50. The van der Waals surface area contributed by atoms with Crippen LogP contribution in [-0.2, 0) is 20.8 Å². The van der Waals surface area contributed by atoms with Gasteiger partial charge in [-0.3, -0.25) is 19.7 Å². The fourth-order valence-electron chi connectivity index (χ4n) is 4.59. The van der Waals surface area contributed by atoms with Crippen molar-refractivity contribution < 1.29 is 14.4 Å². The number of nitrogens with zero attached hydrogens (tertiary/aromatic N) is 3. The number of imide groups is 1. The van der Waals surface area contributed by atoms with Gasteiger partial charge in [-0.2, -0.15) is 0 Å². The zero-order chi connectivity index (χ0) is 21.1. The third-order valence-corrected chi connectivity index (χ3v) is 6.29. The first-order chi connectivity index (χ1) is 14.5. The summed E-state index contributed by atoms with van der Waals surface area (Å²) in [7, 11) is 2.04. The Labute approximate surface area is 177 Å². The summed E-state index contributed by atoms with van der Waals surface area (Å²) in [6.45, 7) is 3.69. The Bertz CT molecular complexity index is 827. The summed E-state index contributed by atoms with van der Waals surface area (Å²) < 4.78 is 0. The van der Waals surface area contributed by atoms with Crippen molar-refractivity contribution in [1.29, 1.82) is 0 Å². The SMILES string of the molecule is CN1CN(C2CCC(=O)NC2=O)c2ccc(CCCCCN3CCNCC3=O)cc21. The molecule has 30 heavy (non-hydrogen) atoms. The van der Waals surface area contributed by atoms with Crippen LogP contribution in [0.25, 0.3) is 0 Å². The van der Waals surface area contributed by atoms with Crippen molar-refractivity contribution in [2.45, 2.75) is 44.6 Å². The van der Waals surface area contributed by atoms with E-state index < -0.39 is 0 Å². The van der Waals surface area contributed by atoms with E-state index in [9.17, 15) is 14.4 Å². The summed E-state index contributed by atoms with van der Waals surface area (Å²) in [5.74, 6) is -0.163. The van der Waals surface area contributed by atoms with Crippen molar-refractivity contribution in [2.24, 2.45) is 0 Å². The highest BCUT2D eigenvalue weighted by Crippen LogP contribution is 2.38. The predicted octanol–water partition coefficient (Wildman–Crippen LogP) is 0.850. The molecule has 0 spiro atoms. The van der Waals surface area contributed by atoms with Gasteiger partial charge >= 0.3 is 0 Å². The number of hydrogen-bond acceptors (Lipinski definition) is 6. The number of benzene rings is 1. The lowest BCUT2D eigenvalue weighted by Gasteiger charge is -2.31. The molecule has 3 amide bonds. The maximum atomic E-state index is 12.3. The van der Waals surface area contributed by atoms with Gasteiger partial charge in [0.25, 0.3) is 0 Å². The van der Waals surface area contributed by atoms with E-state index in [0.717, 1.165) is 56.7 Å². The minimum Gasteiger partial charge on any atom is -0.355 e. The smallest absolute Gasteiger partial charge is 0.249 e. The van der Waals surface area contributed by atoms with Gasteiger partial charge in [0.05, 0.1) is 24.6 Å². The second kappa shape index (κ2) is 9.04. The molecule has 1 aromatic carbocycles. The Morgan fingerprint density at radius 2 is 1.97 bits per heavy atom. The summed E-state index contributed by atoms with van der Waals surface area (Å²) >= 11 is 0. The highest BCUT2D eigenvalue weighted by atomic mass is 16.2. The molecular formula is C22H31N5O3. The standard InChI is InChI=1S/C22H31N5O3/c1-25-15-27(18-8-9-20(28)24-22(18)30)17-7-6-16(13-19(17)25)5-3-2-4-11-26-12-10-23-14-21(26)29/h6-7,13,18,23H,2-5,8-12,14-15H2,1H3,(H,24,28,30). The largest absolute Gasteiger partial charge is 0.355 e.